The summed E-state index contributed by atoms with van der Waals surface area (Å²) >= 11 is 6.19. The highest BCUT2D eigenvalue weighted by atomic mass is 35.5. The molecule has 2 aromatic carbocycles. The van der Waals surface area contributed by atoms with Gasteiger partial charge in [-0.3, -0.25) is 9.59 Å². The molecule has 0 saturated heterocycles. The molecule has 2 N–H and O–H groups in total. The number of benzene rings is 2. The second-order valence-electron chi connectivity index (χ2n) is 7.01. The number of rotatable bonds is 5. The second kappa shape index (κ2) is 8.20. The van der Waals surface area contributed by atoms with E-state index in [1.807, 2.05) is 24.3 Å². The molecular formula is C22H20ClN3O4. The monoisotopic (exact) mass is 425 g/mol. The van der Waals surface area contributed by atoms with Crippen LogP contribution in [0.1, 0.15) is 34.9 Å². The first-order valence-corrected chi connectivity index (χ1v) is 9.79. The van der Waals surface area contributed by atoms with Crippen LogP contribution < -0.4 is 20.3 Å². The first kappa shape index (κ1) is 20.0. The van der Waals surface area contributed by atoms with E-state index in [4.69, 9.17) is 21.1 Å². The average molecular weight is 426 g/mol. The molecule has 1 aliphatic rings. The fourth-order valence-corrected chi connectivity index (χ4v) is 3.75. The van der Waals surface area contributed by atoms with Gasteiger partial charge in [-0.05, 0) is 30.7 Å². The minimum Gasteiger partial charge on any atom is -0.493 e. The summed E-state index contributed by atoms with van der Waals surface area (Å²) in [6.07, 6.45) is 0.143. The molecule has 2 heterocycles. The van der Waals surface area contributed by atoms with Crippen molar-refractivity contribution in [3.05, 3.63) is 80.4 Å². The lowest BCUT2D eigenvalue weighted by atomic mass is 9.86. The van der Waals surface area contributed by atoms with Crippen molar-refractivity contribution in [3.63, 3.8) is 0 Å². The van der Waals surface area contributed by atoms with Gasteiger partial charge in [0.1, 0.15) is 18.2 Å². The van der Waals surface area contributed by atoms with Crippen LogP contribution in [-0.4, -0.2) is 23.0 Å². The number of hydrogen-bond donors (Lipinski definition) is 2. The van der Waals surface area contributed by atoms with Crippen LogP contribution in [0.5, 0.6) is 11.5 Å². The Labute approximate surface area is 178 Å². The smallest absolute Gasteiger partial charge is 0.256 e. The number of hydrogen-bond acceptors (Lipinski definition) is 5. The van der Waals surface area contributed by atoms with E-state index in [-0.39, 0.29) is 24.5 Å². The SMILES string of the molecule is COc1cc([C@@H]2CC(=O)Nc3nc(C)[nH]c(=O)c32)ccc1OCc1ccccc1Cl. The first-order valence-electron chi connectivity index (χ1n) is 9.41. The molecule has 0 spiro atoms. The molecule has 0 saturated carbocycles. The number of aryl methyl sites for hydroxylation is 1. The van der Waals surface area contributed by atoms with Gasteiger partial charge in [-0.25, -0.2) is 4.98 Å². The maximum atomic E-state index is 12.6. The van der Waals surface area contributed by atoms with Crippen LogP contribution in [0.4, 0.5) is 5.82 Å². The number of carbonyl (C=O) groups excluding carboxylic acids is 1. The Kier molecular flexibility index (Phi) is 5.46. The minimum absolute atomic E-state index is 0.143. The highest BCUT2D eigenvalue weighted by Crippen LogP contribution is 2.38. The standard InChI is InChI=1S/C22H20ClN3O4/c1-12-24-21-20(22(28)25-12)15(10-19(27)26-21)13-7-8-17(18(9-13)29-2)30-11-14-5-3-4-6-16(14)23/h3-9,15H,10-11H2,1-2H3,(H2,24,25,26,27,28)/t15-/m0/s1. The Morgan fingerprint density at radius 2 is 1.97 bits per heavy atom. The number of ether oxygens (including phenoxy) is 2. The Morgan fingerprint density at radius 3 is 2.73 bits per heavy atom. The highest BCUT2D eigenvalue weighted by molar-refractivity contribution is 6.31. The minimum atomic E-state index is -0.433. The summed E-state index contributed by atoms with van der Waals surface area (Å²) in [5.74, 6) is 1.16. The molecule has 7 nitrogen and oxygen atoms in total. The van der Waals surface area contributed by atoms with Gasteiger partial charge in [0, 0.05) is 22.9 Å². The topological polar surface area (TPSA) is 93.3 Å². The number of nitrogens with one attached hydrogen (secondary N) is 2. The van der Waals surface area contributed by atoms with Crippen LogP contribution in [0, 0.1) is 6.92 Å². The summed E-state index contributed by atoms with van der Waals surface area (Å²) in [5, 5.41) is 3.31. The van der Waals surface area contributed by atoms with Gasteiger partial charge in [0.2, 0.25) is 5.91 Å². The zero-order chi connectivity index (χ0) is 21.3. The third kappa shape index (κ3) is 3.89. The number of nitrogens with zero attached hydrogens (tertiary/aromatic N) is 1. The molecule has 3 aromatic rings. The molecule has 0 radical (unpaired) electrons. The third-order valence-corrected chi connectivity index (χ3v) is 5.37. The van der Waals surface area contributed by atoms with Crippen LogP contribution >= 0.6 is 11.6 Å². The summed E-state index contributed by atoms with van der Waals surface area (Å²) in [4.78, 5) is 31.8. The Balaban J connectivity index is 1.66. The van der Waals surface area contributed by atoms with E-state index in [0.29, 0.717) is 33.7 Å². The van der Waals surface area contributed by atoms with Gasteiger partial charge in [0.15, 0.2) is 11.5 Å². The number of methoxy groups -OCH3 is 1. The molecule has 1 amide bonds. The van der Waals surface area contributed by atoms with Gasteiger partial charge in [-0.2, -0.15) is 0 Å². The van der Waals surface area contributed by atoms with Gasteiger partial charge < -0.3 is 19.8 Å². The van der Waals surface area contributed by atoms with Crippen molar-refractivity contribution in [2.75, 3.05) is 12.4 Å². The molecule has 0 fully saturated rings. The maximum absolute atomic E-state index is 12.6. The second-order valence-corrected chi connectivity index (χ2v) is 7.42. The molecular weight excluding hydrogens is 406 g/mol. The van der Waals surface area contributed by atoms with E-state index < -0.39 is 5.92 Å². The number of halogens is 1. The normalized spacial score (nSPS) is 15.3. The Hall–Kier alpha value is -3.32. The molecule has 1 aromatic heterocycles. The molecule has 30 heavy (non-hydrogen) atoms. The van der Waals surface area contributed by atoms with Crippen molar-refractivity contribution in [3.8, 4) is 11.5 Å². The van der Waals surface area contributed by atoms with Crippen molar-refractivity contribution >= 4 is 23.3 Å². The van der Waals surface area contributed by atoms with E-state index in [9.17, 15) is 9.59 Å². The summed E-state index contributed by atoms with van der Waals surface area (Å²) < 4.78 is 11.4. The number of aromatic nitrogens is 2. The molecule has 0 bridgehead atoms. The van der Waals surface area contributed by atoms with Crippen molar-refractivity contribution in [1.82, 2.24) is 9.97 Å². The average Bonchev–Trinajstić information content (AvgIpc) is 2.72. The van der Waals surface area contributed by atoms with Crippen LogP contribution in [0.15, 0.2) is 47.3 Å². The van der Waals surface area contributed by atoms with Crippen molar-refractivity contribution in [2.24, 2.45) is 0 Å². The Bertz CT molecular complexity index is 1180. The lowest BCUT2D eigenvalue weighted by molar-refractivity contribution is -0.116. The van der Waals surface area contributed by atoms with E-state index in [1.54, 1.807) is 32.2 Å². The van der Waals surface area contributed by atoms with E-state index >= 15 is 0 Å². The van der Waals surface area contributed by atoms with Crippen LogP contribution in [0.25, 0.3) is 0 Å². The van der Waals surface area contributed by atoms with Crippen LogP contribution in [0.2, 0.25) is 5.02 Å². The fraction of sp³-hybridized carbons (Fsp3) is 0.227. The molecule has 1 aliphatic heterocycles. The Morgan fingerprint density at radius 1 is 1.17 bits per heavy atom. The van der Waals surface area contributed by atoms with E-state index in [1.165, 1.54) is 0 Å². The molecule has 1 atom stereocenters. The van der Waals surface area contributed by atoms with Gasteiger partial charge in [-0.15, -0.1) is 0 Å². The third-order valence-electron chi connectivity index (χ3n) is 5.00. The zero-order valence-corrected chi connectivity index (χ0v) is 17.2. The quantitative estimate of drug-likeness (QED) is 0.648. The lowest BCUT2D eigenvalue weighted by Gasteiger charge is -2.25. The first-order chi connectivity index (χ1) is 14.5. The number of anilines is 1. The molecule has 4 rings (SSSR count). The molecule has 8 heteroatoms. The van der Waals surface area contributed by atoms with Crippen LogP contribution in [-0.2, 0) is 11.4 Å². The summed E-state index contributed by atoms with van der Waals surface area (Å²) in [6, 6.07) is 12.8. The number of H-pyrrole nitrogens is 1. The zero-order valence-electron chi connectivity index (χ0n) is 16.5. The van der Waals surface area contributed by atoms with Crippen molar-refractivity contribution in [2.45, 2.75) is 25.9 Å². The number of amides is 1. The largest absolute Gasteiger partial charge is 0.493 e. The summed E-state index contributed by atoms with van der Waals surface area (Å²) in [6.45, 7) is 1.96. The maximum Gasteiger partial charge on any atom is 0.256 e. The number of aromatic amines is 1. The van der Waals surface area contributed by atoms with Crippen molar-refractivity contribution < 1.29 is 14.3 Å². The number of fused-ring (bicyclic) bond motifs is 1. The van der Waals surface area contributed by atoms with Gasteiger partial charge in [-0.1, -0.05) is 35.9 Å². The molecule has 0 aliphatic carbocycles. The van der Waals surface area contributed by atoms with Crippen LogP contribution in [0.3, 0.4) is 0 Å². The summed E-state index contributed by atoms with van der Waals surface area (Å²) in [5.41, 5.74) is 1.80. The predicted octanol–water partition coefficient (Wildman–Crippen LogP) is 3.79. The highest BCUT2D eigenvalue weighted by Gasteiger charge is 2.31. The van der Waals surface area contributed by atoms with E-state index in [2.05, 4.69) is 15.3 Å². The van der Waals surface area contributed by atoms with Crippen molar-refractivity contribution in [1.29, 1.82) is 0 Å². The summed E-state index contributed by atoms with van der Waals surface area (Å²) in [7, 11) is 1.54. The predicted molar refractivity (Wildman–Crippen MR) is 113 cm³/mol. The molecule has 154 valence electrons. The molecule has 0 unspecified atom stereocenters. The number of carbonyl (C=O) groups is 1. The fourth-order valence-electron chi connectivity index (χ4n) is 3.56. The van der Waals surface area contributed by atoms with E-state index in [0.717, 1.165) is 11.1 Å². The lowest BCUT2D eigenvalue weighted by Crippen LogP contribution is -2.31. The van der Waals surface area contributed by atoms with Gasteiger partial charge >= 0.3 is 0 Å². The van der Waals surface area contributed by atoms with Gasteiger partial charge in [0.05, 0.1) is 12.7 Å². The van der Waals surface area contributed by atoms with Gasteiger partial charge in [0.25, 0.3) is 5.56 Å².